The third kappa shape index (κ3) is 7.83. The molecule has 304 valence electrons. The maximum atomic E-state index is 12.8. The van der Waals surface area contributed by atoms with Gasteiger partial charge in [-0.3, -0.25) is 22.8 Å². The molecule has 1 fully saturated rings. The molecule has 5 rings (SSSR count). The first-order valence-corrected chi connectivity index (χ1v) is 23.9. The molecule has 0 aliphatic carbocycles. The Hall–Kier alpha value is -2.67. The largest absolute Gasteiger partial charge is 0.320 e. The fourth-order valence-corrected chi connectivity index (χ4v) is 12.5. The van der Waals surface area contributed by atoms with Crippen LogP contribution in [0.5, 0.6) is 0 Å². The van der Waals surface area contributed by atoms with Crippen LogP contribution in [0.3, 0.4) is 0 Å². The fraction of sp³-hybridized carbons (Fsp3) is 0.414. The van der Waals surface area contributed by atoms with E-state index in [0.29, 0.717) is 18.1 Å². The van der Waals surface area contributed by atoms with Crippen molar-refractivity contribution >= 4 is 79.7 Å². The minimum absolute atomic E-state index is 0.00629. The Morgan fingerprint density at radius 3 is 1.93 bits per heavy atom. The summed E-state index contributed by atoms with van der Waals surface area (Å²) in [6.45, 7) is 5.74. The number of nitrogens with zero attached hydrogens (tertiary/aromatic N) is 2. The van der Waals surface area contributed by atoms with Gasteiger partial charge in [-0.15, -0.1) is 4.33 Å². The van der Waals surface area contributed by atoms with Gasteiger partial charge in [-0.05, 0) is 45.9 Å². The van der Waals surface area contributed by atoms with Crippen molar-refractivity contribution in [3.8, 4) is 0 Å². The highest BCUT2D eigenvalue weighted by Crippen LogP contribution is 2.60. The first kappa shape index (κ1) is 43.5. The summed E-state index contributed by atoms with van der Waals surface area (Å²) in [4.78, 5) is -2.52. The molecule has 55 heavy (non-hydrogen) atoms. The Morgan fingerprint density at radius 1 is 0.836 bits per heavy atom. The molecule has 20 nitrogen and oxygen atoms in total. The minimum Gasteiger partial charge on any atom is -0.286 e. The van der Waals surface area contributed by atoms with E-state index in [9.17, 15) is 64.9 Å². The zero-order chi connectivity index (χ0) is 41.5. The van der Waals surface area contributed by atoms with Crippen LogP contribution in [0.25, 0.3) is 0 Å². The highest BCUT2D eigenvalue weighted by atomic mass is 32.2. The van der Waals surface area contributed by atoms with Crippen LogP contribution in [0.4, 0.5) is 11.4 Å². The molecule has 3 heterocycles. The average Bonchev–Trinajstić information content (AvgIpc) is 3.33. The molecule has 3 aliphatic rings. The summed E-state index contributed by atoms with van der Waals surface area (Å²) in [5.41, 5.74) is -2.87. The van der Waals surface area contributed by atoms with Crippen LogP contribution in [0.1, 0.15) is 51.7 Å². The second-order valence-electron chi connectivity index (χ2n) is 14.0. The average molecular weight is 893 g/mol. The molecule has 26 heteroatoms. The van der Waals surface area contributed by atoms with Crippen LogP contribution in [0.2, 0.25) is 0 Å². The zero-order valence-corrected chi connectivity index (χ0v) is 34.0. The van der Waals surface area contributed by atoms with E-state index < -0.39 is 91.7 Å². The quantitative estimate of drug-likeness (QED) is 0.0420. The Balaban J connectivity index is 1.80. The number of hydrogen-bond donors (Lipinski definition) is 6. The van der Waals surface area contributed by atoms with Gasteiger partial charge in [0, 0.05) is 29.5 Å². The number of hydrogen-bond acceptors (Lipinski definition) is 14. The number of quaternary nitrogens is 1. The van der Waals surface area contributed by atoms with Crippen LogP contribution in [0.15, 0.2) is 67.8 Å². The van der Waals surface area contributed by atoms with E-state index in [4.69, 9.17) is 5.26 Å². The van der Waals surface area contributed by atoms with Crippen molar-refractivity contribution < 1.29 is 84.1 Å². The molecule has 0 saturated carbocycles. The van der Waals surface area contributed by atoms with E-state index in [2.05, 4.69) is 9.37 Å². The van der Waals surface area contributed by atoms with E-state index in [1.165, 1.54) is 42.7 Å². The van der Waals surface area contributed by atoms with Crippen molar-refractivity contribution in [3.63, 3.8) is 0 Å². The van der Waals surface area contributed by atoms with Crippen LogP contribution in [0, 0.1) is 0 Å². The fourth-order valence-electron chi connectivity index (χ4n) is 7.88. The number of rotatable bonds is 13. The summed E-state index contributed by atoms with van der Waals surface area (Å²) in [7, 11) is -24.8. The summed E-state index contributed by atoms with van der Waals surface area (Å²) in [5.74, 6) is -0.716. The van der Waals surface area contributed by atoms with Gasteiger partial charge in [-0.1, -0.05) is 11.1 Å². The summed E-state index contributed by atoms with van der Waals surface area (Å²) in [5, 5.41) is 10.6. The molecule has 2 aromatic rings. The monoisotopic (exact) mass is 892 g/mol. The predicted octanol–water partition coefficient (Wildman–Crippen LogP) is 2.87. The van der Waals surface area contributed by atoms with Gasteiger partial charge in [0.25, 0.3) is 40.5 Å². The number of allylic oxidation sites excluding steroid dienone is 4. The number of benzene rings is 2. The molecular weight excluding hydrogens is 857 g/mol. The van der Waals surface area contributed by atoms with Gasteiger partial charge >= 0.3 is 10.1 Å². The predicted molar refractivity (Wildman–Crippen MR) is 194 cm³/mol. The molecule has 1 saturated heterocycles. The molecule has 0 amide bonds. The Labute approximate surface area is 321 Å². The lowest BCUT2D eigenvalue weighted by molar-refractivity contribution is -0.437. The summed E-state index contributed by atoms with van der Waals surface area (Å²) >= 11 is 0.360. The maximum absolute atomic E-state index is 12.8. The van der Waals surface area contributed by atoms with E-state index in [0.717, 1.165) is 12.1 Å². The Morgan fingerprint density at radius 2 is 1.44 bits per heavy atom. The van der Waals surface area contributed by atoms with Gasteiger partial charge in [-0.2, -0.15) is 46.7 Å². The van der Waals surface area contributed by atoms with Gasteiger partial charge in [0.1, 0.15) is 32.6 Å². The molecule has 1 spiro atoms. The maximum Gasteiger partial charge on any atom is 0.320 e. The smallest absolute Gasteiger partial charge is 0.286 e. The molecule has 0 aromatic heterocycles. The highest BCUT2D eigenvalue weighted by Gasteiger charge is 2.67. The van der Waals surface area contributed by atoms with Crippen molar-refractivity contribution in [3.05, 3.63) is 59.3 Å². The normalized spacial score (nSPS) is 23.1. The first-order valence-electron chi connectivity index (χ1n) is 15.7. The Bertz CT molecular complexity index is 2650. The topological polar surface area (TPSA) is 314 Å². The van der Waals surface area contributed by atoms with Crippen LogP contribution in [-0.2, 0) is 70.8 Å². The highest BCUT2D eigenvalue weighted by molar-refractivity contribution is 7.94. The van der Waals surface area contributed by atoms with Crippen molar-refractivity contribution in [1.29, 1.82) is 0 Å². The standard InChI is InChI=1S/C29H34N2O18S6/c1-28(2)23(30(10-6-12-51(33,34)35)19-13-17(50-49-48-32)14-21(26(19)28)53(39,40)41)7-5-8-24-29(3,4)27-20(31(24)11-9-25(31)55(45,46)47)15-18(52(36,37)38)16-22(27)54(42,43)44/h5,7-8,13-16,25H,6,9-12H2,1-4H3,(H4-2,32,33,34,35,36,37,38,39,40,41,42,43,44,45,46,47)/p+2/b7-5?,24-8+. The van der Waals surface area contributed by atoms with Gasteiger partial charge in [-0.25, -0.2) is 9.74 Å². The van der Waals surface area contributed by atoms with Gasteiger partial charge < -0.3 is 0 Å². The van der Waals surface area contributed by atoms with Gasteiger partial charge in [0.15, 0.2) is 5.71 Å². The summed E-state index contributed by atoms with van der Waals surface area (Å²) < 4.78 is 180. The lowest BCUT2D eigenvalue weighted by atomic mass is 9.81. The lowest BCUT2D eigenvalue weighted by Crippen LogP contribution is -2.68. The first-order chi connectivity index (χ1) is 24.9. The van der Waals surface area contributed by atoms with Crippen LogP contribution < -0.4 is 4.48 Å². The van der Waals surface area contributed by atoms with E-state index in [1.54, 1.807) is 13.8 Å². The molecule has 0 radical (unpaired) electrons. The second-order valence-corrected chi connectivity index (χ2v) is 22.1. The van der Waals surface area contributed by atoms with Crippen molar-refractivity contribution in [2.45, 2.75) is 76.3 Å². The van der Waals surface area contributed by atoms with E-state index in [-0.39, 0.29) is 64.7 Å². The molecule has 6 N–H and O–H groups in total. The van der Waals surface area contributed by atoms with Crippen molar-refractivity contribution in [2.24, 2.45) is 0 Å². The van der Waals surface area contributed by atoms with Crippen LogP contribution >= 0.6 is 12.0 Å². The Kier molecular flexibility index (Phi) is 11.1. The minimum atomic E-state index is -5.24. The molecule has 2 unspecified atom stereocenters. The molecule has 2 aromatic carbocycles. The molecule has 2 atom stereocenters. The lowest BCUT2D eigenvalue weighted by Gasteiger charge is -2.49. The van der Waals surface area contributed by atoms with E-state index >= 15 is 0 Å². The third-order valence-corrected chi connectivity index (χ3v) is 15.2. The van der Waals surface area contributed by atoms with E-state index in [1.807, 2.05) is 0 Å². The summed E-state index contributed by atoms with van der Waals surface area (Å²) in [6, 6.07) is 3.81. The zero-order valence-electron chi connectivity index (χ0n) is 29.1. The molecular formula is C29H36N2O18S6+2. The molecule has 0 bridgehead atoms. The van der Waals surface area contributed by atoms with Gasteiger partial charge in [0.2, 0.25) is 11.1 Å². The van der Waals surface area contributed by atoms with Crippen LogP contribution in [-0.4, -0.2) is 105 Å². The third-order valence-electron chi connectivity index (χ3n) is 9.95. The second kappa shape index (κ2) is 14.0. The van der Waals surface area contributed by atoms with Crippen molar-refractivity contribution in [2.75, 3.05) is 18.8 Å². The number of fused-ring (bicyclic) bond motifs is 3. The SMILES string of the molecule is CC1(C)C(C=C/C=C2\C(C)(C)c3c(cc(S(=O)(=O)O)cc3S(=O)(=O)O)[N+]23CCC3S(=O)(=O)O)=[N+](CCCS(=O)(=O)O)c2cc(SOOO)cc(S(=O)(=O)O)c21. The summed E-state index contributed by atoms with van der Waals surface area (Å²) in [6.07, 6.45) is 3.76. The van der Waals surface area contributed by atoms with Crippen molar-refractivity contribution in [1.82, 2.24) is 4.48 Å². The molecule has 3 aliphatic heterocycles. The van der Waals surface area contributed by atoms with Gasteiger partial charge in [0.05, 0.1) is 52.7 Å².